The molecule has 0 radical (unpaired) electrons. The first-order chi connectivity index (χ1) is 15.5. The van der Waals surface area contributed by atoms with Gasteiger partial charge in [0.15, 0.2) is 11.9 Å². The zero-order chi connectivity index (χ0) is 22.7. The highest BCUT2D eigenvalue weighted by molar-refractivity contribution is 5.92. The Balaban J connectivity index is 1.73. The molecule has 2 aromatic carbocycles. The Morgan fingerprint density at radius 3 is 2.75 bits per heavy atom. The normalized spacial score (nSPS) is 16.2. The molecule has 1 N–H and O–H groups in total. The number of fused-ring (bicyclic) bond motifs is 1. The molecule has 6 heteroatoms. The van der Waals surface area contributed by atoms with Gasteiger partial charge in [0.1, 0.15) is 5.75 Å². The van der Waals surface area contributed by atoms with Crippen molar-refractivity contribution in [2.24, 2.45) is 0 Å². The number of amides is 2. The summed E-state index contributed by atoms with van der Waals surface area (Å²) in [6, 6.07) is 17.2. The zero-order valence-electron chi connectivity index (χ0n) is 18.6. The monoisotopic (exact) mass is 432 g/mol. The van der Waals surface area contributed by atoms with Crippen LogP contribution in [0.5, 0.6) is 5.75 Å². The maximum atomic E-state index is 13.3. The standard InChI is InChI=1S/C26H28N2O4/c1-4-27-25(29)18(3)32-21-11-10-19-12-13-28(26(30)23-9-6-14-31-23)24(22(19)16-21)20-8-5-7-17(2)15-20/h5-11,14-16,18,24H,4,12-13H2,1-3H3,(H,27,29)/t18-,24+/m0/s1. The highest BCUT2D eigenvalue weighted by Gasteiger charge is 2.34. The van der Waals surface area contributed by atoms with Crippen LogP contribution in [0.4, 0.5) is 0 Å². The fourth-order valence-corrected chi connectivity index (χ4v) is 4.20. The Bertz CT molecular complexity index is 1110. The number of hydrogen-bond donors (Lipinski definition) is 1. The number of carbonyl (C=O) groups is 2. The zero-order valence-corrected chi connectivity index (χ0v) is 18.6. The number of likely N-dealkylation sites (N-methyl/N-ethyl adjacent to an activating group) is 1. The minimum atomic E-state index is -0.616. The SMILES string of the molecule is CCNC(=O)[C@H](C)Oc1ccc2c(c1)[C@@H](c1cccc(C)c1)N(C(=O)c1ccco1)CC2. The van der Waals surface area contributed by atoms with Gasteiger partial charge in [0.2, 0.25) is 0 Å². The second-order valence-electron chi connectivity index (χ2n) is 8.06. The van der Waals surface area contributed by atoms with Crippen molar-refractivity contribution in [3.05, 3.63) is 88.9 Å². The van der Waals surface area contributed by atoms with E-state index in [0.29, 0.717) is 24.6 Å². The summed E-state index contributed by atoms with van der Waals surface area (Å²) in [5.41, 5.74) is 4.32. The number of hydrogen-bond acceptors (Lipinski definition) is 4. The van der Waals surface area contributed by atoms with Crippen LogP contribution in [-0.2, 0) is 11.2 Å². The van der Waals surface area contributed by atoms with Crippen molar-refractivity contribution >= 4 is 11.8 Å². The lowest BCUT2D eigenvalue weighted by molar-refractivity contribution is -0.127. The number of nitrogens with one attached hydrogen (secondary N) is 1. The summed E-state index contributed by atoms with van der Waals surface area (Å²) in [7, 11) is 0. The minimum Gasteiger partial charge on any atom is -0.481 e. The van der Waals surface area contributed by atoms with Crippen LogP contribution in [-0.4, -0.2) is 35.9 Å². The minimum absolute atomic E-state index is 0.144. The maximum absolute atomic E-state index is 13.3. The van der Waals surface area contributed by atoms with Gasteiger partial charge in [0, 0.05) is 13.1 Å². The molecule has 2 atom stereocenters. The van der Waals surface area contributed by atoms with Gasteiger partial charge < -0.3 is 19.4 Å². The Morgan fingerprint density at radius 2 is 2.03 bits per heavy atom. The van der Waals surface area contributed by atoms with Crippen LogP contribution in [0.15, 0.2) is 65.3 Å². The lowest BCUT2D eigenvalue weighted by Crippen LogP contribution is -2.40. The number of rotatable bonds is 6. The molecule has 2 amide bonds. The van der Waals surface area contributed by atoms with Crippen LogP contribution in [0, 0.1) is 6.92 Å². The summed E-state index contributed by atoms with van der Waals surface area (Å²) in [5, 5.41) is 2.78. The molecular formula is C26H28N2O4. The van der Waals surface area contributed by atoms with Crippen molar-refractivity contribution in [1.82, 2.24) is 10.2 Å². The lowest BCUT2D eigenvalue weighted by Gasteiger charge is -2.37. The molecule has 6 nitrogen and oxygen atoms in total. The molecule has 0 bridgehead atoms. The van der Waals surface area contributed by atoms with Crippen LogP contribution in [0.3, 0.4) is 0 Å². The van der Waals surface area contributed by atoms with Gasteiger partial charge in [0.05, 0.1) is 12.3 Å². The van der Waals surface area contributed by atoms with Crippen molar-refractivity contribution in [2.75, 3.05) is 13.1 Å². The van der Waals surface area contributed by atoms with Gasteiger partial charge in [-0.15, -0.1) is 0 Å². The number of carbonyl (C=O) groups excluding carboxylic acids is 2. The Labute approximate surface area is 188 Å². The Hall–Kier alpha value is -3.54. The molecule has 1 aliphatic rings. The van der Waals surface area contributed by atoms with E-state index in [2.05, 4.69) is 11.4 Å². The molecule has 0 fully saturated rings. The average Bonchev–Trinajstić information content (AvgIpc) is 3.33. The van der Waals surface area contributed by atoms with E-state index >= 15 is 0 Å². The topological polar surface area (TPSA) is 71.8 Å². The first-order valence-electron chi connectivity index (χ1n) is 11.0. The molecule has 0 saturated heterocycles. The lowest BCUT2D eigenvalue weighted by atomic mass is 9.87. The number of furan rings is 1. The molecule has 4 rings (SSSR count). The molecule has 2 heterocycles. The average molecular weight is 433 g/mol. The van der Waals surface area contributed by atoms with Crippen LogP contribution in [0.1, 0.15) is 52.7 Å². The largest absolute Gasteiger partial charge is 0.481 e. The number of aryl methyl sites for hydroxylation is 1. The maximum Gasteiger partial charge on any atom is 0.290 e. The molecule has 166 valence electrons. The summed E-state index contributed by atoms with van der Waals surface area (Å²) in [5.74, 6) is 0.625. The van der Waals surface area contributed by atoms with E-state index in [0.717, 1.165) is 28.7 Å². The predicted molar refractivity (Wildman–Crippen MR) is 122 cm³/mol. The van der Waals surface area contributed by atoms with Crippen LogP contribution in [0.2, 0.25) is 0 Å². The molecular weight excluding hydrogens is 404 g/mol. The van der Waals surface area contributed by atoms with Crippen molar-refractivity contribution < 1.29 is 18.7 Å². The van der Waals surface area contributed by atoms with E-state index < -0.39 is 6.10 Å². The molecule has 0 unspecified atom stereocenters. The molecule has 1 aromatic heterocycles. The van der Waals surface area contributed by atoms with Gasteiger partial charge in [-0.1, -0.05) is 35.9 Å². The molecule has 0 saturated carbocycles. The Morgan fingerprint density at radius 1 is 1.19 bits per heavy atom. The fourth-order valence-electron chi connectivity index (χ4n) is 4.20. The van der Waals surface area contributed by atoms with Gasteiger partial charge in [-0.3, -0.25) is 9.59 Å². The summed E-state index contributed by atoms with van der Waals surface area (Å²) < 4.78 is 11.3. The van der Waals surface area contributed by atoms with Crippen molar-refractivity contribution in [1.29, 1.82) is 0 Å². The van der Waals surface area contributed by atoms with E-state index in [-0.39, 0.29) is 17.9 Å². The van der Waals surface area contributed by atoms with E-state index in [1.165, 1.54) is 6.26 Å². The van der Waals surface area contributed by atoms with Crippen LogP contribution in [0.25, 0.3) is 0 Å². The molecule has 0 spiro atoms. The number of ether oxygens (including phenoxy) is 1. The summed E-state index contributed by atoms with van der Waals surface area (Å²) in [6.45, 7) is 6.78. The van der Waals surface area contributed by atoms with Crippen molar-refractivity contribution in [3.63, 3.8) is 0 Å². The smallest absolute Gasteiger partial charge is 0.290 e. The van der Waals surface area contributed by atoms with Crippen molar-refractivity contribution in [2.45, 2.75) is 39.3 Å². The first-order valence-corrected chi connectivity index (χ1v) is 11.0. The first kappa shape index (κ1) is 21.7. The molecule has 32 heavy (non-hydrogen) atoms. The highest BCUT2D eigenvalue weighted by Crippen LogP contribution is 2.38. The predicted octanol–water partition coefficient (Wildman–Crippen LogP) is 4.28. The molecule has 0 aliphatic carbocycles. The van der Waals surface area contributed by atoms with Crippen LogP contribution >= 0.6 is 0 Å². The van der Waals surface area contributed by atoms with E-state index in [4.69, 9.17) is 9.15 Å². The van der Waals surface area contributed by atoms with Gasteiger partial charge in [-0.25, -0.2) is 0 Å². The van der Waals surface area contributed by atoms with Crippen LogP contribution < -0.4 is 10.1 Å². The summed E-state index contributed by atoms with van der Waals surface area (Å²) in [4.78, 5) is 27.3. The second kappa shape index (κ2) is 9.30. The van der Waals surface area contributed by atoms with E-state index in [1.54, 1.807) is 19.1 Å². The molecule has 3 aromatic rings. The Kier molecular flexibility index (Phi) is 6.30. The summed E-state index contributed by atoms with van der Waals surface area (Å²) in [6.07, 6.45) is 1.63. The van der Waals surface area contributed by atoms with Gasteiger partial charge >= 0.3 is 0 Å². The molecule has 1 aliphatic heterocycles. The third-order valence-corrected chi connectivity index (χ3v) is 5.73. The quantitative estimate of drug-likeness (QED) is 0.631. The highest BCUT2D eigenvalue weighted by atomic mass is 16.5. The third kappa shape index (κ3) is 4.40. The van der Waals surface area contributed by atoms with E-state index in [9.17, 15) is 9.59 Å². The number of nitrogens with zero attached hydrogens (tertiary/aromatic N) is 1. The fraction of sp³-hybridized carbons (Fsp3) is 0.308. The summed E-state index contributed by atoms with van der Waals surface area (Å²) >= 11 is 0. The van der Waals surface area contributed by atoms with Gasteiger partial charge in [-0.05, 0) is 68.1 Å². The number of benzene rings is 2. The third-order valence-electron chi connectivity index (χ3n) is 5.73. The second-order valence-corrected chi connectivity index (χ2v) is 8.06. The van der Waals surface area contributed by atoms with Crippen molar-refractivity contribution in [3.8, 4) is 5.75 Å². The van der Waals surface area contributed by atoms with E-state index in [1.807, 2.05) is 55.1 Å². The van der Waals surface area contributed by atoms with Gasteiger partial charge in [0.25, 0.3) is 11.8 Å². The van der Waals surface area contributed by atoms with Gasteiger partial charge in [-0.2, -0.15) is 0 Å².